The molecule has 0 fully saturated rings. The van der Waals surface area contributed by atoms with E-state index in [2.05, 4.69) is 9.88 Å². The van der Waals surface area contributed by atoms with Crippen molar-refractivity contribution < 1.29 is 4.42 Å². The monoisotopic (exact) mass is 217 g/mol. The molecule has 0 amide bonds. The second-order valence-corrected chi connectivity index (χ2v) is 3.70. The van der Waals surface area contributed by atoms with Crippen LogP contribution in [0.1, 0.15) is 11.3 Å². The Labute approximate surface area is 94.7 Å². The lowest BCUT2D eigenvalue weighted by atomic mass is 10.3. The van der Waals surface area contributed by atoms with Crippen molar-refractivity contribution in [3.63, 3.8) is 0 Å². The first kappa shape index (κ1) is 10.7. The van der Waals surface area contributed by atoms with E-state index in [4.69, 9.17) is 10.2 Å². The van der Waals surface area contributed by atoms with Crippen LogP contribution < -0.4 is 10.6 Å². The molecule has 0 aliphatic carbocycles. The van der Waals surface area contributed by atoms with E-state index in [9.17, 15) is 0 Å². The third-order valence-corrected chi connectivity index (χ3v) is 2.46. The molecule has 0 aliphatic rings. The third kappa shape index (κ3) is 2.41. The molecule has 2 N–H and O–H groups in total. The summed E-state index contributed by atoms with van der Waals surface area (Å²) in [7, 11) is 2.02. The summed E-state index contributed by atoms with van der Waals surface area (Å²) in [6.07, 6.45) is 5.26. The molecule has 0 radical (unpaired) electrons. The molecule has 0 unspecified atom stereocenters. The maximum Gasteiger partial charge on any atom is 0.0952 e. The van der Waals surface area contributed by atoms with Gasteiger partial charge in [-0.1, -0.05) is 0 Å². The van der Waals surface area contributed by atoms with Gasteiger partial charge in [0, 0.05) is 25.7 Å². The van der Waals surface area contributed by atoms with Crippen molar-refractivity contribution in [1.29, 1.82) is 0 Å². The molecule has 0 aromatic carbocycles. The molecule has 4 heteroatoms. The highest BCUT2D eigenvalue weighted by Crippen LogP contribution is 2.14. The van der Waals surface area contributed by atoms with Gasteiger partial charge in [-0.25, -0.2) is 0 Å². The van der Waals surface area contributed by atoms with Gasteiger partial charge in [-0.15, -0.1) is 0 Å². The molecule has 2 aromatic rings. The average molecular weight is 217 g/mol. The Morgan fingerprint density at radius 3 is 2.81 bits per heavy atom. The number of nitrogens with zero attached hydrogens (tertiary/aromatic N) is 2. The Hall–Kier alpha value is -1.81. The summed E-state index contributed by atoms with van der Waals surface area (Å²) in [5.74, 6) is 0. The van der Waals surface area contributed by atoms with Gasteiger partial charge in [0.05, 0.1) is 30.1 Å². The van der Waals surface area contributed by atoms with Gasteiger partial charge >= 0.3 is 0 Å². The van der Waals surface area contributed by atoms with Crippen molar-refractivity contribution in [2.75, 3.05) is 11.9 Å². The topological polar surface area (TPSA) is 55.3 Å². The van der Waals surface area contributed by atoms with Crippen LogP contribution in [0, 0.1) is 0 Å². The Bertz CT molecular complexity index is 422. The predicted molar refractivity (Wildman–Crippen MR) is 62.9 cm³/mol. The normalized spacial score (nSPS) is 10.4. The maximum absolute atomic E-state index is 5.50. The minimum absolute atomic E-state index is 0.478. The molecule has 2 rings (SSSR count). The second-order valence-electron chi connectivity index (χ2n) is 3.70. The van der Waals surface area contributed by atoms with E-state index in [0.717, 1.165) is 23.5 Å². The summed E-state index contributed by atoms with van der Waals surface area (Å²) in [5.41, 5.74) is 8.61. The number of aromatic nitrogens is 1. The largest absolute Gasteiger partial charge is 0.472 e. The summed E-state index contributed by atoms with van der Waals surface area (Å²) in [5, 5.41) is 0. The molecular formula is C12H15N3O. The second kappa shape index (κ2) is 4.81. The molecule has 0 aliphatic heterocycles. The average Bonchev–Trinajstić information content (AvgIpc) is 2.82. The minimum Gasteiger partial charge on any atom is -0.472 e. The fraction of sp³-hybridized carbons (Fsp3) is 0.250. The van der Waals surface area contributed by atoms with Gasteiger partial charge in [-0.05, 0) is 18.2 Å². The van der Waals surface area contributed by atoms with E-state index in [-0.39, 0.29) is 0 Å². The van der Waals surface area contributed by atoms with Crippen molar-refractivity contribution in [2.24, 2.45) is 5.73 Å². The number of hydrogen-bond acceptors (Lipinski definition) is 4. The minimum atomic E-state index is 0.478. The molecule has 84 valence electrons. The van der Waals surface area contributed by atoms with Crippen LogP contribution in [0.5, 0.6) is 0 Å². The fourth-order valence-corrected chi connectivity index (χ4v) is 1.51. The number of anilines is 1. The van der Waals surface area contributed by atoms with Crippen molar-refractivity contribution >= 4 is 5.69 Å². The maximum atomic E-state index is 5.50. The predicted octanol–water partition coefficient (Wildman–Crippen LogP) is 1.77. The van der Waals surface area contributed by atoms with Crippen LogP contribution in [-0.2, 0) is 13.1 Å². The first-order valence-electron chi connectivity index (χ1n) is 5.17. The quantitative estimate of drug-likeness (QED) is 0.848. The molecule has 0 bridgehead atoms. The summed E-state index contributed by atoms with van der Waals surface area (Å²) < 4.78 is 5.03. The Morgan fingerprint density at radius 1 is 1.38 bits per heavy atom. The number of hydrogen-bond donors (Lipinski definition) is 1. The smallest absolute Gasteiger partial charge is 0.0952 e. The van der Waals surface area contributed by atoms with Crippen LogP contribution in [0.15, 0.2) is 41.3 Å². The highest BCUT2D eigenvalue weighted by molar-refractivity contribution is 5.44. The first-order chi connectivity index (χ1) is 7.79. The Kier molecular flexibility index (Phi) is 3.22. The van der Waals surface area contributed by atoms with Crippen molar-refractivity contribution in [2.45, 2.75) is 13.1 Å². The molecule has 0 spiro atoms. The molecule has 4 nitrogen and oxygen atoms in total. The van der Waals surface area contributed by atoms with E-state index >= 15 is 0 Å². The molecule has 0 saturated carbocycles. The van der Waals surface area contributed by atoms with E-state index < -0.39 is 0 Å². The number of rotatable bonds is 4. The van der Waals surface area contributed by atoms with Crippen LogP contribution in [0.25, 0.3) is 0 Å². The number of nitrogens with two attached hydrogens (primary N) is 1. The molecule has 2 heterocycles. The molecule has 0 atom stereocenters. The highest BCUT2D eigenvalue weighted by atomic mass is 16.3. The zero-order valence-corrected chi connectivity index (χ0v) is 9.26. The van der Waals surface area contributed by atoms with Crippen molar-refractivity contribution in [3.8, 4) is 0 Å². The van der Waals surface area contributed by atoms with E-state index in [1.807, 2.05) is 31.4 Å². The van der Waals surface area contributed by atoms with Crippen molar-refractivity contribution in [1.82, 2.24) is 4.98 Å². The lowest BCUT2D eigenvalue weighted by Gasteiger charge is -2.17. The number of pyridine rings is 1. The lowest BCUT2D eigenvalue weighted by Crippen LogP contribution is -2.16. The standard InChI is InChI=1S/C12H15N3O/c1-15(8-10-4-5-16-9-10)12-3-2-11(6-13)14-7-12/h2-5,7,9H,6,8,13H2,1H3. The Balaban J connectivity index is 2.05. The van der Waals surface area contributed by atoms with Gasteiger partial charge in [0.15, 0.2) is 0 Å². The van der Waals surface area contributed by atoms with Crippen molar-refractivity contribution in [3.05, 3.63) is 48.2 Å². The zero-order valence-electron chi connectivity index (χ0n) is 9.26. The summed E-state index contributed by atoms with van der Waals surface area (Å²) >= 11 is 0. The SMILES string of the molecule is CN(Cc1ccoc1)c1ccc(CN)nc1. The van der Waals surface area contributed by atoms with Gasteiger partial charge in [0.2, 0.25) is 0 Å². The van der Waals surface area contributed by atoms with E-state index in [0.29, 0.717) is 6.54 Å². The van der Waals surface area contributed by atoms with Gasteiger partial charge in [0.25, 0.3) is 0 Å². The van der Waals surface area contributed by atoms with Crippen LogP contribution in [0.4, 0.5) is 5.69 Å². The third-order valence-electron chi connectivity index (χ3n) is 2.46. The summed E-state index contributed by atoms with van der Waals surface area (Å²) in [6, 6.07) is 5.93. The highest BCUT2D eigenvalue weighted by Gasteiger charge is 2.03. The van der Waals surface area contributed by atoms with E-state index in [1.165, 1.54) is 0 Å². The Morgan fingerprint density at radius 2 is 2.25 bits per heavy atom. The molecular weight excluding hydrogens is 202 g/mol. The van der Waals surface area contributed by atoms with Crippen LogP contribution in [0.3, 0.4) is 0 Å². The fourth-order valence-electron chi connectivity index (χ4n) is 1.51. The van der Waals surface area contributed by atoms with Crippen LogP contribution >= 0.6 is 0 Å². The van der Waals surface area contributed by atoms with Crippen LogP contribution in [-0.4, -0.2) is 12.0 Å². The molecule has 16 heavy (non-hydrogen) atoms. The summed E-state index contributed by atoms with van der Waals surface area (Å²) in [4.78, 5) is 6.37. The molecule has 2 aromatic heterocycles. The first-order valence-corrected chi connectivity index (χ1v) is 5.17. The van der Waals surface area contributed by atoms with E-state index in [1.54, 1.807) is 12.5 Å². The summed E-state index contributed by atoms with van der Waals surface area (Å²) in [6.45, 7) is 1.28. The van der Waals surface area contributed by atoms with Crippen LogP contribution in [0.2, 0.25) is 0 Å². The zero-order chi connectivity index (χ0) is 11.4. The van der Waals surface area contributed by atoms with Gasteiger partial charge in [-0.3, -0.25) is 4.98 Å². The van der Waals surface area contributed by atoms with Gasteiger partial charge in [-0.2, -0.15) is 0 Å². The van der Waals surface area contributed by atoms with Gasteiger partial charge in [0.1, 0.15) is 0 Å². The lowest BCUT2D eigenvalue weighted by molar-refractivity contribution is 0.563. The number of furan rings is 1. The molecule has 0 saturated heterocycles. The van der Waals surface area contributed by atoms with Gasteiger partial charge < -0.3 is 15.1 Å².